The minimum absolute atomic E-state index is 0.0997. The zero-order valence-corrected chi connectivity index (χ0v) is 10.6. The molecule has 0 unspecified atom stereocenters. The molecule has 1 aromatic heterocycles. The lowest BCUT2D eigenvalue weighted by molar-refractivity contribution is 0.0996. The maximum absolute atomic E-state index is 13.9. The van der Waals surface area contributed by atoms with Crippen LogP contribution in [0.1, 0.15) is 10.5 Å². The molecule has 0 bridgehead atoms. The summed E-state index contributed by atoms with van der Waals surface area (Å²) in [5, 5.41) is 0.616. The molecule has 0 atom stereocenters. The third-order valence-electron chi connectivity index (χ3n) is 3.25. The van der Waals surface area contributed by atoms with Gasteiger partial charge in [0.1, 0.15) is 5.69 Å². The standard InChI is InChI=1S/C15H9F3N2O/c16-10-5-4-8(12(17)13(10)18)9-3-1-2-7-6-11(15(19)21)20-14(7)9/h1-6,20H,(H2,19,21). The van der Waals surface area contributed by atoms with Crippen molar-refractivity contribution in [3.8, 4) is 11.1 Å². The van der Waals surface area contributed by atoms with Crippen molar-refractivity contribution in [2.45, 2.75) is 0 Å². The molecule has 3 aromatic rings. The van der Waals surface area contributed by atoms with Gasteiger partial charge in [-0.05, 0) is 18.2 Å². The Labute approximate surface area is 117 Å². The average Bonchev–Trinajstić information content (AvgIpc) is 2.89. The van der Waals surface area contributed by atoms with E-state index in [0.717, 1.165) is 12.1 Å². The van der Waals surface area contributed by atoms with Gasteiger partial charge in [0.15, 0.2) is 17.5 Å². The number of para-hydroxylation sites is 1. The van der Waals surface area contributed by atoms with E-state index in [1.807, 2.05) is 0 Å². The van der Waals surface area contributed by atoms with Crippen LogP contribution in [-0.2, 0) is 0 Å². The maximum atomic E-state index is 13.9. The van der Waals surface area contributed by atoms with Gasteiger partial charge in [0.25, 0.3) is 5.91 Å². The quantitative estimate of drug-likeness (QED) is 0.699. The highest BCUT2D eigenvalue weighted by Crippen LogP contribution is 2.31. The zero-order chi connectivity index (χ0) is 15.1. The van der Waals surface area contributed by atoms with Crippen molar-refractivity contribution in [3.05, 3.63) is 59.5 Å². The van der Waals surface area contributed by atoms with Crippen molar-refractivity contribution in [3.63, 3.8) is 0 Å². The molecular weight excluding hydrogens is 281 g/mol. The Morgan fingerprint density at radius 1 is 1.00 bits per heavy atom. The van der Waals surface area contributed by atoms with Gasteiger partial charge in [-0.15, -0.1) is 0 Å². The lowest BCUT2D eigenvalue weighted by atomic mass is 10.0. The second kappa shape index (κ2) is 4.66. The van der Waals surface area contributed by atoms with Crippen LogP contribution < -0.4 is 5.73 Å². The molecule has 0 aliphatic rings. The first-order valence-corrected chi connectivity index (χ1v) is 6.04. The number of nitrogens with one attached hydrogen (secondary N) is 1. The predicted octanol–water partition coefficient (Wildman–Crippen LogP) is 3.35. The van der Waals surface area contributed by atoms with Crippen molar-refractivity contribution < 1.29 is 18.0 Å². The van der Waals surface area contributed by atoms with Crippen LogP contribution in [0.2, 0.25) is 0 Å². The summed E-state index contributed by atoms with van der Waals surface area (Å²) in [7, 11) is 0. The van der Waals surface area contributed by atoms with Crippen LogP contribution in [0.4, 0.5) is 13.2 Å². The number of aromatic amines is 1. The van der Waals surface area contributed by atoms with E-state index >= 15 is 0 Å². The summed E-state index contributed by atoms with van der Waals surface area (Å²) in [4.78, 5) is 14.0. The molecule has 3 N–H and O–H groups in total. The van der Waals surface area contributed by atoms with E-state index in [9.17, 15) is 18.0 Å². The number of nitrogens with two attached hydrogens (primary N) is 1. The molecule has 0 aliphatic heterocycles. The molecule has 0 aliphatic carbocycles. The third kappa shape index (κ3) is 2.05. The fourth-order valence-corrected chi connectivity index (χ4v) is 2.25. The number of benzene rings is 2. The fourth-order valence-electron chi connectivity index (χ4n) is 2.25. The van der Waals surface area contributed by atoms with Crippen LogP contribution in [-0.4, -0.2) is 10.9 Å². The van der Waals surface area contributed by atoms with E-state index in [1.54, 1.807) is 18.2 Å². The van der Waals surface area contributed by atoms with Crippen molar-refractivity contribution in [1.82, 2.24) is 4.98 Å². The molecule has 0 fully saturated rings. The molecule has 3 rings (SSSR count). The average molecular weight is 290 g/mol. The number of hydrogen-bond acceptors (Lipinski definition) is 1. The highest BCUT2D eigenvalue weighted by Gasteiger charge is 2.17. The Bertz CT molecular complexity index is 871. The van der Waals surface area contributed by atoms with Crippen LogP contribution in [0.25, 0.3) is 22.0 Å². The Morgan fingerprint density at radius 3 is 2.48 bits per heavy atom. The number of primary amides is 1. The van der Waals surface area contributed by atoms with Gasteiger partial charge in [0, 0.05) is 16.5 Å². The molecule has 0 saturated heterocycles. The van der Waals surface area contributed by atoms with E-state index < -0.39 is 23.4 Å². The molecule has 3 nitrogen and oxygen atoms in total. The normalized spacial score (nSPS) is 11.0. The van der Waals surface area contributed by atoms with Crippen LogP contribution in [0.5, 0.6) is 0 Å². The second-order valence-corrected chi connectivity index (χ2v) is 4.54. The number of H-pyrrole nitrogens is 1. The summed E-state index contributed by atoms with van der Waals surface area (Å²) in [5.74, 6) is -4.74. The number of aromatic nitrogens is 1. The molecule has 0 spiro atoms. The third-order valence-corrected chi connectivity index (χ3v) is 3.25. The molecule has 1 heterocycles. The molecule has 21 heavy (non-hydrogen) atoms. The van der Waals surface area contributed by atoms with E-state index in [-0.39, 0.29) is 11.3 Å². The fraction of sp³-hybridized carbons (Fsp3) is 0. The second-order valence-electron chi connectivity index (χ2n) is 4.54. The molecular formula is C15H9F3N2O. The van der Waals surface area contributed by atoms with Crippen LogP contribution in [0.15, 0.2) is 36.4 Å². The first-order chi connectivity index (χ1) is 9.99. The first kappa shape index (κ1) is 13.2. The van der Waals surface area contributed by atoms with Gasteiger partial charge in [-0.3, -0.25) is 4.79 Å². The zero-order valence-electron chi connectivity index (χ0n) is 10.6. The van der Waals surface area contributed by atoms with Gasteiger partial charge in [-0.2, -0.15) is 0 Å². The minimum atomic E-state index is -1.54. The van der Waals surface area contributed by atoms with E-state index in [2.05, 4.69) is 4.98 Å². The number of rotatable bonds is 2. The smallest absolute Gasteiger partial charge is 0.265 e. The summed E-state index contributed by atoms with van der Waals surface area (Å²) in [6.45, 7) is 0. The number of fused-ring (bicyclic) bond motifs is 1. The Kier molecular flexibility index (Phi) is 2.94. The van der Waals surface area contributed by atoms with Gasteiger partial charge in [0.2, 0.25) is 0 Å². The van der Waals surface area contributed by atoms with Gasteiger partial charge in [-0.25, -0.2) is 13.2 Å². The molecule has 6 heteroatoms. The molecule has 0 saturated carbocycles. The molecule has 106 valence electrons. The molecule has 2 aromatic carbocycles. The Balaban J connectivity index is 2.30. The van der Waals surface area contributed by atoms with Gasteiger partial charge >= 0.3 is 0 Å². The lowest BCUT2D eigenvalue weighted by Crippen LogP contribution is -2.10. The van der Waals surface area contributed by atoms with E-state index in [0.29, 0.717) is 16.5 Å². The van der Waals surface area contributed by atoms with Crippen molar-refractivity contribution >= 4 is 16.8 Å². The lowest BCUT2D eigenvalue weighted by Gasteiger charge is -2.06. The molecule has 1 amide bonds. The van der Waals surface area contributed by atoms with Crippen LogP contribution in [0, 0.1) is 17.5 Å². The summed E-state index contributed by atoms with van der Waals surface area (Å²) < 4.78 is 40.3. The highest BCUT2D eigenvalue weighted by molar-refractivity contribution is 6.01. The number of carbonyl (C=O) groups is 1. The van der Waals surface area contributed by atoms with Crippen molar-refractivity contribution in [2.75, 3.05) is 0 Å². The summed E-state index contributed by atoms with van der Waals surface area (Å²) in [6.07, 6.45) is 0. The first-order valence-electron chi connectivity index (χ1n) is 6.04. The number of hydrogen-bond donors (Lipinski definition) is 2. The number of halogens is 3. The van der Waals surface area contributed by atoms with Gasteiger partial charge in [0.05, 0.1) is 5.52 Å². The van der Waals surface area contributed by atoms with Crippen LogP contribution in [0.3, 0.4) is 0 Å². The van der Waals surface area contributed by atoms with E-state index in [1.165, 1.54) is 6.07 Å². The monoisotopic (exact) mass is 290 g/mol. The van der Waals surface area contributed by atoms with Crippen molar-refractivity contribution in [2.24, 2.45) is 5.73 Å². The number of carbonyl (C=O) groups excluding carboxylic acids is 1. The number of amides is 1. The Morgan fingerprint density at radius 2 is 1.76 bits per heavy atom. The highest BCUT2D eigenvalue weighted by atomic mass is 19.2. The summed E-state index contributed by atoms with van der Waals surface area (Å²) in [6, 6.07) is 8.37. The predicted molar refractivity (Wildman–Crippen MR) is 72.1 cm³/mol. The summed E-state index contributed by atoms with van der Waals surface area (Å²) in [5.41, 5.74) is 5.98. The Hall–Kier alpha value is -2.76. The van der Waals surface area contributed by atoms with Crippen LogP contribution >= 0.6 is 0 Å². The van der Waals surface area contributed by atoms with Crippen molar-refractivity contribution in [1.29, 1.82) is 0 Å². The minimum Gasteiger partial charge on any atom is -0.364 e. The SMILES string of the molecule is NC(=O)c1cc2cccc(-c3ccc(F)c(F)c3F)c2[nH]1. The topological polar surface area (TPSA) is 58.9 Å². The van der Waals surface area contributed by atoms with E-state index in [4.69, 9.17) is 5.73 Å². The summed E-state index contributed by atoms with van der Waals surface area (Å²) >= 11 is 0. The molecule has 0 radical (unpaired) electrons. The maximum Gasteiger partial charge on any atom is 0.265 e. The largest absolute Gasteiger partial charge is 0.364 e. The van der Waals surface area contributed by atoms with Gasteiger partial charge < -0.3 is 10.7 Å². The van der Waals surface area contributed by atoms with Gasteiger partial charge in [-0.1, -0.05) is 18.2 Å².